The molecule has 2 aromatic rings. The van der Waals surface area contributed by atoms with Crippen molar-refractivity contribution >= 4 is 17.0 Å². The van der Waals surface area contributed by atoms with Gasteiger partial charge in [0.2, 0.25) is 0 Å². The van der Waals surface area contributed by atoms with Gasteiger partial charge in [-0.25, -0.2) is 9.18 Å². The summed E-state index contributed by atoms with van der Waals surface area (Å²) in [6.45, 7) is 1.21. The number of aromatic amines is 1. The minimum Gasteiger partial charge on any atom is -0.465 e. The van der Waals surface area contributed by atoms with Crippen molar-refractivity contribution in [2.75, 3.05) is 19.8 Å². The highest BCUT2D eigenvalue weighted by Gasteiger charge is 2.27. The van der Waals surface area contributed by atoms with Crippen LogP contribution in [0.5, 0.6) is 0 Å². The Kier molecular flexibility index (Phi) is 3.31. The number of carbonyl (C=O) groups is 1. The van der Waals surface area contributed by atoms with E-state index in [0.29, 0.717) is 26.2 Å². The summed E-state index contributed by atoms with van der Waals surface area (Å²) >= 11 is 0. The summed E-state index contributed by atoms with van der Waals surface area (Å²) < 4.78 is 18.5. The number of benzene rings is 1. The van der Waals surface area contributed by atoms with Crippen molar-refractivity contribution in [3.8, 4) is 0 Å². The Balaban J connectivity index is 1.86. The number of rotatable bonds is 2. The Morgan fingerprint density at radius 2 is 2.40 bits per heavy atom. The van der Waals surface area contributed by atoms with Crippen LogP contribution >= 0.6 is 0 Å². The molecular formula is C14H15FN2O3. The lowest BCUT2D eigenvalue weighted by molar-refractivity contribution is 0.000382. The van der Waals surface area contributed by atoms with Crippen LogP contribution in [0.3, 0.4) is 0 Å². The van der Waals surface area contributed by atoms with Gasteiger partial charge in [0, 0.05) is 23.6 Å². The lowest BCUT2D eigenvalue weighted by atomic mass is 10.0. The Hall–Kier alpha value is -2.08. The summed E-state index contributed by atoms with van der Waals surface area (Å²) in [5.41, 5.74) is 1.69. The third kappa shape index (κ3) is 2.34. The first-order chi connectivity index (χ1) is 9.65. The Labute approximate surface area is 115 Å². The average Bonchev–Trinajstić information content (AvgIpc) is 2.81. The molecular weight excluding hydrogens is 263 g/mol. The topological polar surface area (TPSA) is 65.6 Å². The molecule has 1 aliphatic heterocycles. The zero-order valence-electron chi connectivity index (χ0n) is 10.8. The highest BCUT2D eigenvalue weighted by Crippen LogP contribution is 2.22. The molecule has 0 saturated carbocycles. The van der Waals surface area contributed by atoms with Crippen LogP contribution in [-0.4, -0.2) is 46.9 Å². The van der Waals surface area contributed by atoms with E-state index in [1.165, 1.54) is 17.0 Å². The zero-order chi connectivity index (χ0) is 14.1. The second-order valence-corrected chi connectivity index (χ2v) is 4.91. The Bertz CT molecular complexity index is 640. The van der Waals surface area contributed by atoms with E-state index in [2.05, 4.69) is 4.98 Å². The third-order valence-corrected chi connectivity index (χ3v) is 3.66. The monoisotopic (exact) mass is 278 g/mol. The molecule has 0 radical (unpaired) electrons. The van der Waals surface area contributed by atoms with Gasteiger partial charge >= 0.3 is 6.09 Å². The van der Waals surface area contributed by atoms with Crippen molar-refractivity contribution in [1.29, 1.82) is 0 Å². The number of ether oxygens (including phenoxy) is 1. The van der Waals surface area contributed by atoms with E-state index in [-0.39, 0.29) is 11.9 Å². The van der Waals surface area contributed by atoms with E-state index in [1.54, 1.807) is 12.3 Å². The van der Waals surface area contributed by atoms with E-state index in [0.717, 1.165) is 16.5 Å². The number of morpholine rings is 1. The van der Waals surface area contributed by atoms with Gasteiger partial charge in [-0.15, -0.1) is 0 Å². The molecule has 5 nitrogen and oxygen atoms in total. The maximum absolute atomic E-state index is 13.1. The second-order valence-electron chi connectivity index (χ2n) is 4.91. The predicted octanol–water partition coefficient (Wildman–Crippen LogP) is 2.23. The van der Waals surface area contributed by atoms with Crippen LogP contribution in [0.15, 0.2) is 24.4 Å². The van der Waals surface area contributed by atoms with Gasteiger partial charge < -0.3 is 19.7 Å². The summed E-state index contributed by atoms with van der Waals surface area (Å²) in [6, 6.07) is 4.35. The molecule has 20 heavy (non-hydrogen) atoms. The van der Waals surface area contributed by atoms with E-state index in [4.69, 9.17) is 4.74 Å². The minimum atomic E-state index is -0.927. The minimum absolute atomic E-state index is 0.203. The highest BCUT2D eigenvalue weighted by atomic mass is 19.1. The molecule has 0 spiro atoms. The smallest absolute Gasteiger partial charge is 0.407 e. The molecule has 1 atom stereocenters. The van der Waals surface area contributed by atoms with Crippen molar-refractivity contribution < 1.29 is 19.0 Å². The van der Waals surface area contributed by atoms with Crippen LogP contribution in [0.2, 0.25) is 0 Å². The van der Waals surface area contributed by atoms with Gasteiger partial charge in [0.05, 0.1) is 19.3 Å². The van der Waals surface area contributed by atoms with Crippen molar-refractivity contribution in [3.63, 3.8) is 0 Å². The molecule has 1 saturated heterocycles. The number of aromatic nitrogens is 1. The van der Waals surface area contributed by atoms with Gasteiger partial charge in [0.25, 0.3) is 0 Å². The fourth-order valence-electron chi connectivity index (χ4n) is 2.66. The fraction of sp³-hybridized carbons (Fsp3) is 0.357. The summed E-state index contributed by atoms with van der Waals surface area (Å²) in [6.07, 6.45) is 1.43. The average molecular weight is 278 g/mol. The molecule has 2 heterocycles. The number of hydrogen-bond donors (Lipinski definition) is 2. The summed E-state index contributed by atoms with van der Waals surface area (Å²) in [4.78, 5) is 15.6. The number of nitrogens with zero attached hydrogens (tertiary/aromatic N) is 1. The van der Waals surface area contributed by atoms with Gasteiger partial charge in [0.1, 0.15) is 5.82 Å². The molecule has 0 bridgehead atoms. The van der Waals surface area contributed by atoms with E-state index >= 15 is 0 Å². The van der Waals surface area contributed by atoms with Crippen LogP contribution in [0.1, 0.15) is 5.56 Å². The first kappa shape index (κ1) is 12.9. The number of H-pyrrole nitrogens is 1. The van der Waals surface area contributed by atoms with Crippen molar-refractivity contribution in [1.82, 2.24) is 9.88 Å². The SMILES string of the molecule is O=C(O)N1CCOC[C@H]1Cc1c[nH]c2cc(F)ccc12. The van der Waals surface area contributed by atoms with Gasteiger partial charge in [-0.2, -0.15) is 0 Å². The molecule has 1 aromatic carbocycles. The highest BCUT2D eigenvalue weighted by molar-refractivity contribution is 5.83. The van der Waals surface area contributed by atoms with E-state index in [9.17, 15) is 14.3 Å². The lowest BCUT2D eigenvalue weighted by Gasteiger charge is -2.33. The quantitative estimate of drug-likeness (QED) is 0.885. The standard InChI is InChI=1S/C14H15FN2O3/c15-10-1-2-12-9(7-16-13(12)6-10)5-11-8-20-4-3-17(11)14(18)19/h1-2,6-7,11,16H,3-5,8H2,(H,18,19)/t11-/m1/s1. The molecule has 0 unspecified atom stereocenters. The number of amides is 1. The van der Waals surface area contributed by atoms with Gasteiger partial charge in [-0.05, 0) is 30.2 Å². The number of fused-ring (bicyclic) bond motifs is 1. The van der Waals surface area contributed by atoms with E-state index < -0.39 is 6.09 Å². The first-order valence-corrected chi connectivity index (χ1v) is 6.48. The molecule has 6 heteroatoms. The Morgan fingerprint density at radius 3 is 3.20 bits per heavy atom. The zero-order valence-corrected chi connectivity index (χ0v) is 10.8. The van der Waals surface area contributed by atoms with Crippen molar-refractivity contribution in [3.05, 3.63) is 35.8 Å². The number of nitrogens with one attached hydrogen (secondary N) is 1. The van der Waals surface area contributed by atoms with Crippen molar-refractivity contribution in [2.24, 2.45) is 0 Å². The van der Waals surface area contributed by atoms with Crippen LogP contribution in [-0.2, 0) is 11.2 Å². The molecule has 1 fully saturated rings. The summed E-state index contributed by atoms with van der Waals surface area (Å²) in [7, 11) is 0. The number of hydrogen-bond acceptors (Lipinski definition) is 2. The van der Waals surface area contributed by atoms with Gasteiger partial charge in [-0.1, -0.05) is 0 Å². The van der Waals surface area contributed by atoms with Crippen LogP contribution in [0.25, 0.3) is 10.9 Å². The summed E-state index contributed by atoms with van der Waals surface area (Å²) in [5, 5.41) is 10.1. The Morgan fingerprint density at radius 1 is 1.55 bits per heavy atom. The summed E-state index contributed by atoms with van der Waals surface area (Å²) in [5.74, 6) is -0.293. The van der Waals surface area contributed by atoms with Crippen molar-refractivity contribution in [2.45, 2.75) is 12.5 Å². The van der Waals surface area contributed by atoms with Crippen LogP contribution in [0.4, 0.5) is 9.18 Å². The number of halogens is 1. The van der Waals surface area contributed by atoms with Crippen LogP contribution in [0, 0.1) is 5.82 Å². The predicted molar refractivity (Wildman–Crippen MR) is 71.3 cm³/mol. The molecule has 1 aliphatic rings. The lowest BCUT2D eigenvalue weighted by Crippen LogP contribution is -2.49. The maximum Gasteiger partial charge on any atom is 0.407 e. The largest absolute Gasteiger partial charge is 0.465 e. The maximum atomic E-state index is 13.1. The fourth-order valence-corrected chi connectivity index (χ4v) is 2.66. The third-order valence-electron chi connectivity index (χ3n) is 3.66. The molecule has 106 valence electrons. The molecule has 1 amide bonds. The first-order valence-electron chi connectivity index (χ1n) is 6.48. The molecule has 1 aromatic heterocycles. The van der Waals surface area contributed by atoms with E-state index in [1.807, 2.05) is 0 Å². The molecule has 3 rings (SSSR count). The number of carboxylic acid groups (broad SMARTS) is 1. The second kappa shape index (κ2) is 5.13. The molecule has 2 N–H and O–H groups in total. The normalized spacial score (nSPS) is 19.4. The van der Waals surface area contributed by atoms with Crippen LogP contribution < -0.4 is 0 Å². The molecule has 0 aliphatic carbocycles. The van der Waals surface area contributed by atoms with Gasteiger partial charge in [0.15, 0.2) is 0 Å². The van der Waals surface area contributed by atoms with Gasteiger partial charge in [-0.3, -0.25) is 0 Å².